The van der Waals surface area contributed by atoms with Crippen molar-refractivity contribution in [2.24, 2.45) is 7.05 Å². The summed E-state index contributed by atoms with van der Waals surface area (Å²) in [4.78, 5) is 0.316. The summed E-state index contributed by atoms with van der Waals surface area (Å²) in [5.41, 5.74) is 3.19. The maximum absolute atomic E-state index is 12.5. The number of rotatable bonds is 6. The molecule has 1 aliphatic rings. The Balaban J connectivity index is 1.63. The summed E-state index contributed by atoms with van der Waals surface area (Å²) in [5.74, 6) is 0. The molecule has 1 aliphatic carbocycles. The summed E-state index contributed by atoms with van der Waals surface area (Å²) < 4.78 is 29.3. The van der Waals surface area contributed by atoms with E-state index in [4.69, 9.17) is 0 Å². The molecule has 2 aromatic rings. The normalized spacial score (nSPS) is 15.9. The fraction of sp³-hybridized carbons (Fsp3) is 0.444. The molecular formula is C18H24N2O3S. The van der Waals surface area contributed by atoms with Crippen LogP contribution in [0.15, 0.2) is 41.4 Å². The summed E-state index contributed by atoms with van der Waals surface area (Å²) >= 11 is 0. The van der Waals surface area contributed by atoms with Crippen LogP contribution in [0.25, 0.3) is 0 Å². The van der Waals surface area contributed by atoms with E-state index in [9.17, 15) is 13.5 Å². The molecule has 130 valence electrons. The number of fused-ring (bicyclic) bond motifs is 1. The Morgan fingerprint density at radius 1 is 1.21 bits per heavy atom. The minimum absolute atomic E-state index is 0.200. The van der Waals surface area contributed by atoms with Crippen molar-refractivity contribution in [1.29, 1.82) is 0 Å². The topological polar surface area (TPSA) is 71.3 Å². The van der Waals surface area contributed by atoms with Crippen LogP contribution in [0.4, 0.5) is 0 Å². The number of aromatic nitrogens is 1. The summed E-state index contributed by atoms with van der Waals surface area (Å²) in [6.07, 6.45) is 5.78. The molecule has 3 rings (SSSR count). The van der Waals surface area contributed by atoms with E-state index >= 15 is 0 Å². The average molecular weight is 348 g/mol. The van der Waals surface area contributed by atoms with Crippen LogP contribution in [-0.4, -0.2) is 24.6 Å². The number of aliphatic hydroxyl groups excluding tert-OH is 1. The summed E-state index contributed by atoms with van der Waals surface area (Å²) in [6.45, 7) is 0.200. The third-order valence-electron chi connectivity index (χ3n) is 4.67. The lowest BCUT2D eigenvalue weighted by molar-refractivity contribution is 0.161. The van der Waals surface area contributed by atoms with Crippen LogP contribution in [-0.2, 0) is 29.9 Å². The monoisotopic (exact) mass is 348 g/mol. The molecule has 0 aliphatic heterocycles. The van der Waals surface area contributed by atoms with E-state index in [0.717, 1.165) is 30.5 Å². The molecule has 6 heteroatoms. The van der Waals surface area contributed by atoms with Crippen LogP contribution in [0.1, 0.15) is 42.2 Å². The van der Waals surface area contributed by atoms with Crippen molar-refractivity contribution in [1.82, 2.24) is 9.29 Å². The molecule has 0 saturated carbocycles. The van der Waals surface area contributed by atoms with Gasteiger partial charge in [-0.25, -0.2) is 13.1 Å². The van der Waals surface area contributed by atoms with Crippen LogP contribution >= 0.6 is 0 Å². The van der Waals surface area contributed by atoms with Gasteiger partial charge in [0.2, 0.25) is 10.0 Å². The van der Waals surface area contributed by atoms with Gasteiger partial charge in [0.25, 0.3) is 0 Å². The van der Waals surface area contributed by atoms with E-state index < -0.39 is 16.1 Å². The highest BCUT2D eigenvalue weighted by Crippen LogP contribution is 2.24. The van der Waals surface area contributed by atoms with E-state index in [1.165, 1.54) is 12.0 Å². The Morgan fingerprint density at radius 3 is 2.67 bits per heavy atom. The van der Waals surface area contributed by atoms with Crippen LogP contribution in [0, 0.1) is 0 Å². The highest BCUT2D eigenvalue weighted by Gasteiger charge is 2.18. The van der Waals surface area contributed by atoms with Gasteiger partial charge in [-0.1, -0.05) is 6.07 Å². The highest BCUT2D eigenvalue weighted by atomic mass is 32.2. The first-order chi connectivity index (χ1) is 11.5. The van der Waals surface area contributed by atoms with E-state index in [0.29, 0.717) is 11.3 Å². The Morgan fingerprint density at radius 2 is 1.96 bits per heavy atom. The molecule has 1 aromatic heterocycles. The third-order valence-corrected chi connectivity index (χ3v) is 6.12. The molecule has 1 unspecified atom stereocenters. The van der Waals surface area contributed by atoms with Crippen LogP contribution in [0.3, 0.4) is 0 Å². The van der Waals surface area contributed by atoms with Gasteiger partial charge in [-0.05, 0) is 67.5 Å². The molecule has 0 saturated heterocycles. The summed E-state index contributed by atoms with van der Waals surface area (Å²) in [6, 6.07) is 9.10. The molecule has 0 radical (unpaired) electrons. The van der Waals surface area contributed by atoms with Crippen LogP contribution in [0.2, 0.25) is 0 Å². The number of hydrogen-bond donors (Lipinski definition) is 2. The van der Waals surface area contributed by atoms with Gasteiger partial charge >= 0.3 is 0 Å². The SMILES string of the molecule is Cn1cccc1C(O)CCNS(=O)(=O)c1ccc2c(c1)CCCC2. The molecule has 0 amide bonds. The Hall–Kier alpha value is -1.63. The van der Waals surface area contributed by atoms with Crippen molar-refractivity contribution in [3.05, 3.63) is 53.3 Å². The summed E-state index contributed by atoms with van der Waals surface area (Å²) in [5, 5.41) is 10.2. The minimum atomic E-state index is -3.54. The predicted molar refractivity (Wildman–Crippen MR) is 93.3 cm³/mol. The molecule has 1 atom stereocenters. The average Bonchev–Trinajstić information content (AvgIpc) is 3.00. The smallest absolute Gasteiger partial charge is 0.240 e. The Bertz CT molecular complexity index is 811. The van der Waals surface area contributed by atoms with Crippen molar-refractivity contribution < 1.29 is 13.5 Å². The van der Waals surface area contributed by atoms with Gasteiger partial charge < -0.3 is 9.67 Å². The lowest BCUT2D eigenvalue weighted by atomic mass is 9.92. The molecule has 0 fully saturated rings. The second-order valence-corrected chi connectivity index (χ2v) is 8.15. The van der Waals surface area contributed by atoms with Gasteiger partial charge in [0, 0.05) is 25.5 Å². The minimum Gasteiger partial charge on any atom is -0.387 e. The van der Waals surface area contributed by atoms with Crippen molar-refractivity contribution in [3.8, 4) is 0 Å². The van der Waals surface area contributed by atoms with Gasteiger partial charge in [-0.15, -0.1) is 0 Å². The molecule has 0 bridgehead atoms. The standard InChI is InChI=1S/C18H24N2O3S/c1-20-12-4-7-17(20)18(21)10-11-19-24(22,23)16-9-8-14-5-2-3-6-15(14)13-16/h4,7-9,12-13,18-19,21H,2-3,5-6,10-11H2,1H3. The first kappa shape index (κ1) is 17.2. The molecule has 1 aromatic carbocycles. The lowest BCUT2D eigenvalue weighted by Crippen LogP contribution is -2.26. The van der Waals surface area contributed by atoms with E-state index in [2.05, 4.69) is 4.72 Å². The number of hydrogen-bond acceptors (Lipinski definition) is 3. The fourth-order valence-corrected chi connectivity index (χ4v) is 4.36. The van der Waals surface area contributed by atoms with E-state index in [-0.39, 0.29) is 6.54 Å². The lowest BCUT2D eigenvalue weighted by Gasteiger charge is -2.17. The molecular weight excluding hydrogens is 324 g/mol. The number of nitrogens with zero attached hydrogens (tertiary/aromatic N) is 1. The number of aliphatic hydroxyl groups is 1. The molecule has 24 heavy (non-hydrogen) atoms. The molecule has 0 spiro atoms. The predicted octanol–water partition coefficient (Wildman–Crippen LogP) is 2.31. The molecule has 5 nitrogen and oxygen atoms in total. The van der Waals surface area contributed by atoms with Gasteiger partial charge in [0.15, 0.2) is 0 Å². The number of sulfonamides is 1. The number of nitrogens with one attached hydrogen (secondary N) is 1. The maximum Gasteiger partial charge on any atom is 0.240 e. The first-order valence-corrected chi connectivity index (χ1v) is 9.86. The zero-order valence-corrected chi connectivity index (χ0v) is 14.7. The van der Waals surface area contributed by atoms with Crippen LogP contribution in [0.5, 0.6) is 0 Å². The largest absolute Gasteiger partial charge is 0.387 e. The van der Waals surface area contributed by atoms with Crippen molar-refractivity contribution in [2.75, 3.05) is 6.54 Å². The maximum atomic E-state index is 12.5. The van der Waals surface area contributed by atoms with E-state index in [1.54, 1.807) is 12.1 Å². The first-order valence-electron chi connectivity index (χ1n) is 8.38. The Labute approximate surface area is 143 Å². The quantitative estimate of drug-likeness (QED) is 0.841. The van der Waals surface area contributed by atoms with Gasteiger partial charge in [0.05, 0.1) is 11.0 Å². The van der Waals surface area contributed by atoms with Gasteiger partial charge in [-0.3, -0.25) is 0 Å². The zero-order valence-electron chi connectivity index (χ0n) is 13.9. The third kappa shape index (κ3) is 3.71. The van der Waals surface area contributed by atoms with Crippen LogP contribution < -0.4 is 4.72 Å². The van der Waals surface area contributed by atoms with Crippen molar-refractivity contribution in [3.63, 3.8) is 0 Å². The van der Waals surface area contributed by atoms with Crippen molar-refractivity contribution >= 4 is 10.0 Å². The second-order valence-electron chi connectivity index (χ2n) is 6.38. The Kier molecular flexibility index (Phi) is 5.08. The van der Waals surface area contributed by atoms with Gasteiger partial charge in [0.1, 0.15) is 0 Å². The molecule has 1 heterocycles. The van der Waals surface area contributed by atoms with E-state index in [1.807, 2.05) is 36.0 Å². The van der Waals surface area contributed by atoms with Gasteiger partial charge in [-0.2, -0.15) is 0 Å². The second kappa shape index (κ2) is 7.09. The molecule has 2 N–H and O–H groups in total. The highest BCUT2D eigenvalue weighted by molar-refractivity contribution is 7.89. The fourth-order valence-electron chi connectivity index (χ4n) is 3.26. The summed E-state index contributed by atoms with van der Waals surface area (Å²) in [7, 11) is -1.68. The number of benzene rings is 1. The number of aryl methyl sites for hydroxylation is 3. The van der Waals surface area contributed by atoms with Crippen molar-refractivity contribution in [2.45, 2.75) is 43.1 Å². The zero-order chi connectivity index (χ0) is 17.2.